The first kappa shape index (κ1) is 11.2. The Morgan fingerprint density at radius 3 is 3.00 bits per heavy atom. The topological polar surface area (TPSA) is 78.3 Å². The molecule has 2 aromatic heterocycles. The second kappa shape index (κ2) is 3.81. The maximum atomic E-state index is 11.5. The highest BCUT2D eigenvalue weighted by molar-refractivity contribution is 5.45. The highest BCUT2D eigenvalue weighted by Gasteiger charge is 2.26. The number of piperazine rings is 1. The maximum absolute atomic E-state index is 11.5. The summed E-state index contributed by atoms with van der Waals surface area (Å²) < 4.78 is 1.30. The minimum absolute atomic E-state index is 0.0518. The zero-order valence-corrected chi connectivity index (χ0v) is 10.5. The molecule has 1 aliphatic rings. The normalized spacial score (nSPS) is 19.3. The lowest BCUT2D eigenvalue weighted by Crippen LogP contribution is -2.57. The van der Waals surface area contributed by atoms with Crippen molar-refractivity contribution in [3.63, 3.8) is 0 Å². The Hall–Kier alpha value is -1.89. The van der Waals surface area contributed by atoms with Crippen molar-refractivity contribution < 1.29 is 0 Å². The molecule has 0 amide bonds. The van der Waals surface area contributed by atoms with Gasteiger partial charge in [0.05, 0.1) is 0 Å². The number of hydrogen-bond acceptors (Lipinski definition) is 5. The molecule has 1 aliphatic heterocycles. The van der Waals surface area contributed by atoms with Crippen molar-refractivity contribution in [2.45, 2.75) is 19.4 Å². The number of anilines is 1. The summed E-state index contributed by atoms with van der Waals surface area (Å²) >= 11 is 0. The molecule has 7 nitrogen and oxygen atoms in total. The highest BCUT2D eigenvalue weighted by atomic mass is 16.2. The van der Waals surface area contributed by atoms with Crippen LogP contribution in [0, 0.1) is 0 Å². The van der Waals surface area contributed by atoms with Crippen molar-refractivity contribution in [2.24, 2.45) is 0 Å². The molecule has 1 saturated heterocycles. The summed E-state index contributed by atoms with van der Waals surface area (Å²) in [6.45, 7) is 6.96. The molecule has 2 aromatic rings. The minimum Gasteiger partial charge on any atom is -0.352 e. The highest BCUT2D eigenvalue weighted by Crippen LogP contribution is 2.17. The Labute approximate surface area is 104 Å². The van der Waals surface area contributed by atoms with Crippen molar-refractivity contribution in [2.75, 3.05) is 24.5 Å². The number of aromatic nitrogens is 4. The van der Waals surface area contributed by atoms with Crippen LogP contribution in [0.3, 0.4) is 0 Å². The second-order valence-electron chi connectivity index (χ2n) is 5.22. The molecule has 0 aromatic carbocycles. The van der Waals surface area contributed by atoms with E-state index in [1.54, 1.807) is 6.07 Å². The molecule has 1 fully saturated rings. The maximum Gasteiger partial charge on any atom is 0.364 e. The van der Waals surface area contributed by atoms with E-state index < -0.39 is 0 Å². The number of rotatable bonds is 1. The van der Waals surface area contributed by atoms with Gasteiger partial charge in [-0.05, 0) is 26.0 Å². The van der Waals surface area contributed by atoms with Crippen LogP contribution in [0.2, 0.25) is 0 Å². The van der Waals surface area contributed by atoms with Crippen molar-refractivity contribution in [1.82, 2.24) is 25.1 Å². The van der Waals surface area contributed by atoms with Crippen LogP contribution in [0.4, 0.5) is 5.82 Å². The Morgan fingerprint density at radius 2 is 2.22 bits per heavy atom. The van der Waals surface area contributed by atoms with Gasteiger partial charge >= 0.3 is 5.69 Å². The van der Waals surface area contributed by atoms with E-state index in [0.29, 0.717) is 5.65 Å². The molecular weight excluding hydrogens is 232 g/mol. The molecule has 3 rings (SSSR count). The third-order valence-corrected chi connectivity index (χ3v) is 3.15. The first-order chi connectivity index (χ1) is 8.55. The zero-order chi connectivity index (χ0) is 12.8. The minimum atomic E-state index is -0.304. The molecule has 0 saturated carbocycles. The summed E-state index contributed by atoms with van der Waals surface area (Å²) in [5, 5.41) is 14.0. The molecule has 0 radical (unpaired) electrons. The molecule has 0 unspecified atom stereocenters. The number of fused-ring (bicyclic) bond motifs is 1. The lowest BCUT2D eigenvalue weighted by molar-refractivity contribution is 0.351. The molecule has 3 heterocycles. The van der Waals surface area contributed by atoms with Gasteiger partial charge in [-0.15, -0.1) is 5.10 Å². The predicted octanol–water partition coefficient (Wildman–Crippen LogP) is -0.394. The first-order valence-electron chi connectivity index (χ1n) is 6.00. The van der Waals surface area contributed by atoms with Gasteiger partial charge < -0.3 is 10.2 Å². The zero-order valence-electron chi connectivity index (χ0n) is 10.5. The van der Waals surface area contributed by atoms with Crippen LogP contribution < -0.4 is 15.9 Å². The van der Waals surface area contributed by atoms with E-state index in [-0.39, 0.29) is 11.2 Å². The number of nitrogens with one attached hydrogen (secondary N) is 2. The van der Waals surface area contributed by atoms with Gasteiger partial charge in [0, 0.05) is 25.2 Å². The quantitative estimate of drug-likeness (QED) is 0.718. The van der Waals surface area contributed by atoms with Crippen molar-refractivity contribution in [3.05, 3.63) is 22.6 Å². The number of aromatic amines is 1. The lowest BCUT2D eigenvalue weighted by Gasteiger charge is -2.39. The average molecular weight is 248 g/mol. The van der Waals surface area contributed by atoms with E-state index in [1.807, 2.05) is 6.07 Å². The van der Waals surface area contributed by atoms with Gasteiger partial charge in [0.1, 0.15) is 5.82 Å². The van der Waals surface area contributed by atoms with Crippen LogP contribution in [0.5, 0.6) is 0 Å². The van der Waals surface area contributed by atoms with Crippen LogP contribution in [0.15, 0.2) is 16.9 Å². The Morgan fingerprint density at radius 1 is 1.39 bits per heavy atom. The van der Waals surface area contributed by atoms with Crippen LogP contribution in [0.1, 0.15) is 13.8 Å². The molecular formula is C11H16N6O. The van der Waals surface area contributed by atoms with E-state index >= 15 is 0 Å². The van der Waals surface area contributed by atoms with Crippen LogP contribution in [0.25, 0.3) is 5.65 Å². The number of hydrogen-bond donors (Lipinski definition) is 2. The Kier molecular flexibility index (Phi) is 2.37. The summed E-state index contributed by atoms with van der Waals surface area (Å²) in [5.74, 6) is 0.806. The van der Waals surface area contributed by atoms with E-state index in [9.17, 15) is 4.79 Å². The summed E-state index contributed by atoms with van der Waals surface area (Å²) in [6, 6.07) is 3.70. The Balaban J connectivity index is 1.98. The van der Waals surface area contributed by atoms with Gasteiger partial charge in [0.2, 0.25) is 0 Å². The number of H-pyrrole nitrogens is 1. The van der Waals surface area contributed by atoms with Gasteiger partial charge in [-0.3, -0.25) is 0 Å². The molecule has 0 aliphatic carbocycles. The largest absolute Gasteiger partial charge is 0.364 e. The van der Waals surface area contributed by atoms with E-state index in [0.717, 1.165) is 25.5 Å². The fraction of sp³-hybridized carbons (Fsp3) is 0.545. The van der Waals surface area contributed by atoms with Gasteiger partial charge in [-0.2, -0.15) is 9.61 Å². The number of nitrogens with zero attached hydrogens (tertiary/aromatic N) is 4. The van der Waals surface area contributed by atoms with E-state index in [4.69, 9.17) is 0 Å². The SMILES string of the molecule is CC1(C)CN(c2ccc3n[nH]c(=O)n3n2)CCN1. The van der Waals surface area contributed by atoms with Crippen molar-refractivity contribution in [3.8, 4) is 0 Å². The van der Waals surface area contributed by atoms with Crippen molar-refractivity contribution >= 4 is 11.5 Å². The third kappa shape index (κ3) is 1.86. The van der Waals surface area contributed by atoms with E-state index in [2.05, 4.69) is 39.4 Å². The molecule has 0 atom stereocenters. The smallest absolute Gasteiger partial charge is 0.352 e. The molecule has 96 valence electrons. The summed E-state index contributed by atoms with van der Waals surface area (Å²) in [5.41, 5.74) is 0.287. The first-order valence-corrected chi connectivity index (χ1v) is 6.00. The molecule has 0 spiro atoms. The average Bonchev–Trinajstić information content (AvgIpc) is 2.69. The van der Waals surface area contributed by atoms with Gasteiger partial charge in [0.25, 0.3) is 0 Å². The Bertz CT molecular complexity index is 628. The fourth-order valence-electron chi connectivity index (χ4n) is 2.30. The predicted molar refractivity (Wildman–Crippen MR) is 67.9 cm³/mol. The van der Waals surface area contributed by atoms with Crippen LogP contribution in [-0.2, 0) is 0 Å². The van der Waals surface area contributed by atoms with Crippen molar-refractivity contribution in [1.29, 1.82) is 0 Å². The monoisotopic (exact) mass is 248 g/mol. The summed E-state index contributed by atoms with van der Waals surface area (Å²) in [6.07, 6.45) is 0. The van der Waals surface area contributed by atoms with Crippen LogP contribution >= 0.6 is 0 Å². The van der Waals surface area contributed by atoms with Gasteiger partial charge in [-0.1, -0.05) is 0 Å². The molecule has 7 heteroatoms. The summed E-state index contributed by atoms with van der Waals surface area (Å²) in [4.78, 5) is 13.7. The standard InChI is InChI=1S/C11H16N6O/c1-11(2)7-16(6-5-12-11)9-4-3-8-13-14-10(18)17(8)15-9/h3-4,12H,5-7H2,1-2H3,(H,14,18). The third-order valence-electron chi connectivity index (χ3n) is 3.15. The molecule has 2 N–H and O–H groups in total. The lowest BCUT2D eigenvalue weighted by atomic mass is 10.0. The second-order valence-corrected chi connectivity index (χ2v) is 5.22. The summed E-state index contributed by atoms with van der Waals surface area (Å²) in [7, 11) is 0. The van der Waals surface area contributed by atoms with Gasteiger partial charge in [0.15, 0.2) is 5.65 Å². The molecule has 18 heavy (non-hydrogen) atoms. The van der Waals surface area contributed by atoms with Gasteiger partial charge in [-0.25, -0.2) is 9.89 Å². The van der Waals surface area contributed by atoms with Crippen LogP contribution in [-0.4, -0.2) is 45.0 Å². The fourth-order valence-corrected chi connectivity index (χ4v) is 2.30. The van der Waals surface area contributed by atoms with E-state index in [1.165, 1.54) is 4.52 Å². The molecule has 0 bridgehead atoms.